The Morgan fingerprint density at radius 2 is 1.67 bits per heavy atom. The van der Waals surface area contributed by atoms with Crippen LogP contribution in [0.2, 0.25) is 5.02 Å². The Balaban J connectivity index is 1.87. The average molecular weight is 497 g/mol. The lowest BCUT2D eigenvalue weighted by molar-refractivity contribution is 0.135. The lowest BCUT2D eigenvalue weighted by Crippen LogP contribution is -2.30. The van der Waals surface area contributed by atoms with Gasteiger partial charge in [0.15, 0.2) is 21.5 Å². The normalized spacial score (nSPS) is 20.4. The lowest BCUT2D eigenvalue weighted by atomic mass is 10.0. The number of rotatable bonds is 2. The van der Waals surface area contributed by atoms with Crippen LogP contribution in [-0.4, -0.2) is 10.0 Å². The zero-order chi connectivity index (χ0) is 15.0. The van der Waals surface area contributed by atoms with Gasteiger partial charge in [-0.15, -0.1) is 0 Å². The van der Waals surface area contributed by atoms with Crippen molar-refractivity contribution in [2.45, 2.75) is 16.4 Å². The smallest absolute Gasteiger partial charge is 0.200 e. The molecule has 2 atom stereocenters. The monoisotopic (exact) mass is 494 g/mol. The van der Waals surface area contributed by atoms with Gasteiger partial charge < -0.3 is 9.47 Å². The molecule has 2 aromatic rings. The molecule has 0 spiro atoms. The molecule has 110 valence electrons. The second kappa shape index (κ2) is 6.49. The van der Waals surface area contributed by atoms with Crippen molar-refractivity contribution < 1.29 is 9.47 Å². The Morgan fingerprint density at radius 3 is 2.43 bits per heavy atom. The Labute approximate surface area is 153 Å². The van der Waals surface area contributed by atoms with Crippen LogP contribution < -0.4 is 9.47 Å². The van der Waals surface area contributed by atoms with Crippen molar-refractivity contribution in [1.82, 2.24) is 0 Å². The largest absolute Gasteiger partial charge is 0.470 e. The molecule has 0 fully saturated rings. The van der Waals surface area contributed by atoms with Crippen molar-refractivity contribution in [1.29, 1.82) is 0 Å². The van der Waals surface area contributed by atoms with Crippen LogP contribution in [-0.2, 0) is 6.42 Å². The molecule has 3 rings (SSSR count). The van der Waals surface area contributed by atoms with E-state index >= 15 is 0 Å². The fourth-order valence-corrected chi connectivity index (χ4v) is 3.31. The van der Waals surface area contributed by atoms with Crippen molar-refractivity contribution >= 4 is 59.4 Å². The summed E-state index contributed by atoms with van der Waals surface area (Å²) in [5, 5.41) is 0.345. The molecule has 21 heavy (non-hydrogen) atoms. The summed E-state index contributed by atoms with van der Waals surface area (Å²) in [4.78, 5) is 0. The van der Waals surface area contributed by atoms with Gasteiger partial charge in [-0.3, -0.25) is 0 Å². The minimum Gasteiger partial charge on any atom is -0.470 e. The van der Waals surface area contributed by atoms with Gasteiger partial charge in [-0.25, -0.2) is 0 Å². The molecule has 1 aliphatic heterocycles. The molecule has 0 saturated carbocycles. The second-order valence-corrected chi connectivity index (χ2v) is 7.76. The van der Waals surface area contributed by atoms with Gasteiger partial charge in [-0.1, -0.05) is 33.6 Å². The summed E-state index contributed by atoms with van der Waals surface area (Å²) in [7, 11) is 0. The maximum atomic E-state index is 6.24. The van der Waals surface area contributed by atoms with Gasteiger partial charge in [-0.05, 0) is 79.7 Å². The molecule has 2 nitrogen and oxygen atoms in total. The van der Waals surface area contributed by atoms with Gasteiger partial charge in [0, 0.05) is 9.50 Å². The molecule has 1 heterocycles. The van der Waals surface area contributed by atoms with Gasteiger partial charge in [0.2, 0.25) is 0 Å². The van der Waals surface area contributed by atoms with Crippen molar-refractivity contribution in [3.8, 4) is 11.5 Å². The minimum atomic E-state index is -0.213. The number of benzene rings is 2. The van der Waals surface area contributed by atoms with Crippen LogP contribution >= 0.6 is 59.4 Å². The lowest BCUT2D eigenvalue weighted by Gasteiger charge is -2.27. The summed E-state index contributed by atoms with van der Waals surface area (Å²) in [6.45, 7) is 0. The molecule has 0 N–H and O–H groups in total. The van der Waals surface area contributed by atoms with Crippen LogP contribution in [0.4, 0.5) is 0 Å². The first-order chi connectivity index (χ1) is 10.0. The quantitative estimate of drug-likeness (QED) is 0.481. The molecule has 2 aromatic carbocycles. The fraction of sp³-hybridized carbons (Fsp3) is 0.200. The first kappa shape index (κ1) is 15.7. The number of hydrogen-bond acceptors (Lipinski definition) is 2. The van der Waals surface area contributed by atoms with E-state index < -0.39 is 0 Å². The summed E-state index contributed by atoms with van der Waals surface area (Å²) in [5.41, 5.74) is 2.18. The van der Waals surface area contributed by atoms with E-state index in [9.17, 15) is 0 Å². The van der Waals surface area contributed by atoms with Gasteiger partial charge in [0.1, 0.15) is 0 Å². The second-order valence-electron chi connectivity index (χ2n) is 4.63. The van der Waals surface area contributed by atoms with Crippen LogP contribution in [0.3, 0.4) is 0 Å². The average Bonchev–Trinajstić information content (AvgIpc) is 2.44. The van der Waals surface area contributed by atoms with Crippen LogP contribution in [0.25, 0.3) is 0 Å². The summed E-state index contributed by atoms with van der Waals surface area (Å²) in [6, 6.07) is 11.8. The van der Waals surface area contributed by atoms with Crippen molar-refractivity contribution in [3.05, 3.63) is 57.0 Å². The van der Waals surface area contributed by atoms with Gasteiger partial charge in [0.25, 0.3) is 0 Å². The predicted molar refractivity (Wildman–Crippen MR) is 95.1 cm³/mol. The van der Waals surface area contributed by atoms with E-state index in [0.29, 0.717) is 0 Å². The highest BCUT2D eigenvalue weighted by Gasteiger charge is 2.27. The highest BCUT2D eigenvalue weighted by Crippen LogP contribution is 2.38. The number of hydrogen-bond donors (Lipinski definition) is 0. The van der Waals surface area contributed by atoms with Crippen LogP contribution in [0.1, 0.15) is 11.1 Å². The van der Waals surface area contributed by atoms with E-state index in [1.54, 1.807) is 0 Å². The van der Waals surface area contributed by atoms with Crippen molar-refractivity contribution in [2.75, 3.05) is 0 Å². The van der Waals surface area contributed by atoms with E-state index in [4.69, 9.17) is 21.1 Å². The van der Waals surface area contributed by atoms with Gasteiger partial charge in [-0.2, -0.15) is 0 Å². The molecular weight excluding hydrogens is 487 g/mol. The SMILES string of the molecule is Clc1ccc(Br)cc1Cc1ccc2c(c1)OC(Br)C(Br)O2. The van der Waals surface area contributed by atoms with Crippen LogP contribution in [0, 0.1) is 0 Å². The molecular formula is C15H10Br3ClO2. The molecule has 6 heteroatoms. The maximum Gasteiger partial charge on any atom is 0.200 e. The number of fused-ring (bicyclic) bond motifs is 1. The topological polar surface area (TPSA) is 18.5 Å². The van der Waals surface area contributed by atoms with Crippen LogP contribution in [0.5, 0.6) is 11.5 Å². The van der Waals surface area contributed by atoms with Gasteiger partial charge >= 0.3 is 0 Å². The predicted octanol–water partition coefficient (Wildman–Crippen LogP) is 5.91. The highest BCUT2D eigenvalue weighted by molar-refractivity contribution is 9.12. The molecule has 0 aliphatic carbocycles. The third kappa shape index (κ3) is 3.58. The molecule has 0 aromatic heterocycles. The third-order valence-corrected chi connectivity index (χ3v) is 6.00. The number of ether oxygens (including phenoxy) is 2. The Bertz CT molecular complexity index is 678. The first-order valence-electron chi connectivity index (χ1n) is 6.21. The zero-order valence-corrected chi connectivity index (χ0v) is 16.2. The first-order valence-corrected chi connectivity index (χ1v) is 9.21. The summed E-state index contributed by atoms with van der Waals surface area (Å²) >= 11 is 16.5. The maximum absolute atomic E-state index is 6.24. The number of alkyl halides is 2. The van der Waals surface area contributed by atoms with E-state index in [2.05, 4.69) is 47.8 Å². The summed E-state index contributed by atoms with van der Waals surface area (Å²) in [6.07, 6.45) is 0.736. The Hall–Kier alpha value is -0.230. The highest BCUT2D eigenvalue weighted by atomic mass is 79.9. The van der Waals surface area contributed by atoms with Crippen molar-refractivity contribution in [2.24, 2.45) is 0 Å². The minimum absolute atomic E-state index is 0.199. The van der Waals surface area contributed by atoms with Crippen LogP contribution in [0.15, 0.2) is 40.9 Å². The number of halogens is 4. The molecule has 0 saturated heterocycles. The van der Waals surface area contributed by atoms with Gasteiger partial charge in [0.05, 0.1) is 0 Å². The van der Waals surface area contributed by atoms with E-state index in [1.165, 1.54) is 0 Å². The fourth-order valence-electron chi connectivity index (χ4n) is 2.10. The molecule has 0 radical (unpaired) electrons. The molecule has 1 aliphatic rings. The van der Waals surface area contributed by atoms with Crippen molar-refractivity contribution in [3.63, 3.8) is 0 Å². The summed E-state index contributed by atoms with van der Waals surface area (Å²) < 4.78 is 12.5. The summed E-state index contributed by atoms with van der Waals surface area (Å²) in [5.74, 6) is 1.47. The van der Waals surface area contributed by atoms with E-state index in [1.807, 2.05) is 36.4 Å². The molecule has 0 amide bonds. The third-order valence-electron chi connectivity index (χ3n) is 3.10. The van der Waals surface area contributed by atoms with E-state index in [0.717, 1.165) is 38.5 Å². The Kier molecular flexibility index (Phi) is 4.84. The zero-order valence-electron chi connectivity index (χ0n) is 10.7. The molecule has 0 bridgehead atoms. The van der Waals surface area contributed by atoms with E-state index in [-0.39, 0.29) is 10.0 Å². The molecule has 2 unspecified atom stereocenters. The Morgan fingerprint density at radius 1 is 0.952 bits per heavy atom. The standard InChI is InChI=1S/C15H10Br3ClO2/c16-10-2-3-11(19)9(7-10)5-8-1-4-12-13(6-8)21-15(18)14(17)20-12/h1-4,6-7,14-15H,5H2.